The molecule has 0 atom stereocenters. The van der Waals surface area contributed by atoms with Crippen molar-refractivity contribution in [1.29, 1.82) is 0 Å². The molecule has 7 nitrogen and oxygen atoms in total. The molecule has 0 unspecified atom stereocenters. The second-order valence-electron chi connectivity index (χ2n) is 10.4. The predicted octanol–water partition coefficient (Wildman–Crippen LogP) is 2.27. The van der Waals surface area contributed by atoms with Gasteiger partial charge in [0.2, 0.25) is 0 Å². The zero-order valence-corrected chi connectivity index (χ0v) is 17.7. The van der Waals surface area contributed by atoms with Gasteiger partial charge in [0.15, 0.2) is 0 Å². The molecule has 0 radical (unpaired) electrons. The summed E-state index contributed by atoms with van der Waals surface area (Å²) in [7, 11) is -3.64. The Kier molecular flexibility index (Phi) is 2.93. The number of nitrogens with zero attached hydrogens (tertiary/aromatic N) is 1. The van der Waals surface area contributed by atoms with E-state index in [1.807, 2.05) is 33.9 Å². The van der Waals surface area contributed by atoms with Gasteiger partial charge in [0, 0.05) is 11.6 Å². The molecular weight excluding hydrogens is 390 g/mol. The van der Waals surface area contributed by atoms with Crippen LogP contribution in [-0.2, 0) is 14.8 Å². The number of nitrogens with one attached hydrogen (secondary N) is 2. The van der Waals surface area contributed by atoms with Crippen LogP contribution in [0.1, 0.15) is 26.3 Å². The summed E-state index contributed by atoms with van der Waals surface area (Å²) in [5.41, 5.74) is 0.534. The lowest BCUT2D eigenvalue weighted by molar-refractivity contribution is -0.601. The molecule has 154 valence electrons. The molecule has 1 aromatic carbocycles. The Morgan fingerprint density at radius 1 is 1.07 bits per heavy atom. The second kappa shape index (κ2) is 4.79. The third-order valence-corrected chi connectivity index (χ3v) is 9.46. The van der Waals surface area contributed by atoms with Crippen LogP contribution in [0.15, 0.2) is 34.3 Å². The fourth-order valence-electron chi connectivity index (χ4n) is 7.58. The summed E-state index contributed by atoms with van der Waals surface area (Å²) in [6.07, 6.45) is 1.53. The van der Waals surface area contributed by atoms with E-state index in [-0.39, 0.29) is 21.9 Å². The highest BCUT2D eigenvalue weighted by molar-refractivity contribution is 7.89. The quantitative estimate of drug-likeness (QED) is 0.570. The Morgan fingerprint density at radius 3 is 2.14 bits per heavy atom. The minimum atomic E-state index is -3.64. The Hall–Kier alpha value is -2.09. The monoisotopic (exact) mass is 415 g/mol. The number of hydrazone groups is 1. The largest absolute Gasteiger partial charge is 0.444 e. The minimum Gasteiger partial charge on any atom is -0.444 e. The number of amides is 1. The number of benzene rings is 1. The highest BCUT2D eigenvalue weighted by Crippen LogP contribution is 3.06. The number of hydrogen-bond donors (Lipinski definition) is 2. The first-order valence-electron chi connectivity index (χ1n) is 10.2. The highest BCUT2D eigenvalue weighted by Gasteiger charge is 3.10. The van der Waals surface area contributed by atoms with E-state index < -0.39 is 15.6 Å². The summed E-state index contributed by atoms with van der Waals surface area (Å²) < 4.78 is 30.3. The number of rotatable bonds is 5. The van der Waals surface area contributed by atoms with Crippen molar-refractivity contribution in [2.24, 2.45) is 46.0 Å². The molecule has 6 aliphatic carbocycles. The normalized spacial score (nSPS) is 44.4. The maximum absolute atomic E-state index is 12.4. The molecule has 0 aromatic heterocycles. The van der Waals surface area contributed by atoms with E-state index in [1.165, 1.54) is 0 Å². The summed E-state index contributed by atoms with van der Waals surface area (Å²) in [6.45, 7) is 7.53. The second-order valence-corrected chi connectivity index (χ2v) is 12.0. The molecule has 8 heteroatoms. The Balaban J connectivity index is 1.11. The summed E-state index contributed by atoms with van der Waals surface area (Å²) in [5, 5.41) is 7.31. The maximum Gasteiger partial charge on any atom is 0.408 e. The highest BCUT2D eigenvalue weighted by atomic mass is 32.2. The third-order valence-electron chi connectivity index (χ3n) is 8.22. The Morgan fingerprint density at radius 2 is 1.62 bits per heavy atom. The van der Waals surface area contributed by atoms with Gasteiger partial charge in [-0.05, 0) is 75.3 Å². The number of sulfonamides is 1. The molecule has 0 spiro atoms. The van der Waals surface area contributed by atoms with Crippen molar-refractivity contribution in [2.45, 2.75) is 43.7 Å². The number of hydrogen-bond acceptors (Lipinski definition) is 5. The zero-order valence-electron chi connectivity index (χ0n) is 16.8. The maximum atomic E-state index is 12.4. The summed E-state index contributed by atoms with van der Waals surface area (Å²) in [6, 6.07) is 6.72. The molecule has 6 fully saturated rings. The lowest BCUT2D eigenvalue weighted by Crippen LogP contribution is -3.15. The van der Waals surface area contributed by atoms with Gasteiger partial charge in [-0.2, -0.15) is 13.5 Å². The van der Waals surface area contributed by atoms with Crippen LogP contribution in [0.5, 0.6) is 0 Å². The van der Waals surface area contributed by atoms with Gasteiger partial charge < -0.3 is 10.1 Å². The average molecular weight is 416 g/mol. The van der Waals surface area contributed by atoms with Crippen molar-refractivity contribution in [3.63, 3.8) is 0 Å². The number of carbonyl (C=O) groups is 1. The molecule has 1 aromatic rings. The van der Waals surface area contributed by atoms with Crippen molar-refractivity contribution in [2.75, 3.05) is 0 Å². The van der Waals surface area contributed by atoms with Gasteiger partial charge in [-0.1, -0.05) is 17.7 Å². The molecular formula is C21H25N3O4S. The van der Waals surface area contributed by atoms with Crippen LogP contribution in [0.3, 0.4) is 0 Å². The van der Waals surface area contributed by atoms with Gasteiger partial charge >= 0.3 is 6.09 Å². The van der Waals surface area contributed by atoms with Gasteiger partial charge in [-0.15, -0.1) is 0 Å². The van der Waals surface area contributed by atoms with Crippen LogP contribution in [0.4, 0.5) is 4.79 Å². The Bertz CT molecular complexity index is 1020. The minimum absolute atomic E-state index is 0.0423. The van der Waals surface area contributed by atoms with E-state index in [4.69, 9.17) is 4.74 Å². The molecule has 1 amide bonds. The van der Waals surface area contributed by atoms with Crippen LogP contribution in [0.25, 0.3) is 0 Å². The SMILES string of the molecule is Cc1ccc(S(=O)(=O)N/N=C/C23C4C5C2C2C3C4C52NC(=O)OC(C)(C)C)cc1. The molecule has 6 aliphatic rings. The standard InChI is InChI=1S/C21H25N3O4S/c1-10-5-7-11(8-6-10)29(26,27)24-22-9-20-12-15-13(20)17-14(20)16(12)21(15,17)23-18(25)28-19(2,3)4/h5-9,12-17,24H,1-4H3,(H,23,25)/b22-9+. The van der Waals surface area contributed by atoms with Crippen LogP contribution >= 0.6 is 0 Å². The van der Waals surface area contributed by atoms with Crippen LogP contribution < -0.4 is 10.1 Å². The molecule has 7 rings (SSSR count). The molecule has 6 saturated carbocycles. The zero-order chi connectivity index (χ0) is 20.6. The first-order valence-corrected chi connectivity index (χ1v) is 11.7. The van der Waals surface area contributed by atoms with Crippen LogP contribution in [-0.4, -0.2) is 31.9 Å². The molecule has 0 aliphatic heterocycles. The van der Waals surface area contributed by atoms with Crippen molar-refractivity contribution < 1.29 is 17.9 Å². The summed E-state index contributed by atoms with van der Waals surface area (Å²) in [4.78, 5) is 14.8. The average Bonchev–Trinajstić information content (AvgIpc) is 2.62. The summed E-state index contributed by atoms with van der Waals surface area (Å²) in [5.74, 6) is 3.13. The number of carbonyl (C=O) groups excluding carboxylic acids is 1. The molecule has 0 heterocycles. The summed E-state index contributed by atoms with van der Waals surface area (Å²) >= 11 is 0. The molecule has 29 heavy (non-hydrogen) atoms. The van der Waals surface area contributed by atoms with E-state index in [0.717, 1.165) is 5.56 Å². The van der Waals surface area contributed by atoms with Crippen molar-refractivity contribution in [3.05, 3.63) is 29.8 Å². The molecule has 0 saturated heterocycles. The first-order chi connectivity index (χ1) is 13.5. The van der Waals surface area contributed by atoms with Gasteiger partial charge in [-0.3, -0.25) is 0 Å². The lowest BCUT2D eigenvalue weighted by Gasteiger charge is -3.10. The molecule has 2 N–H and O–H groups in total. The third kappa shape index (κ3) is 1.75. The van der Waals surface area contributed by atoms with Crippen molar-refractivity contribution in [1.82, 2.24) is 10.1 Å². The van der Waals surface area contributed by atoms with E-state index in [9.17, 15) is 13.2 Å². The van der Waals surface area contributed by atoms with Gasteiger partial charge in [0.1, 0.15) is 5.60 Å². The first kappa shape index (κ1) is 17.7. The van der Waals surface area contributed by atoms with E-state index in [1.54, 1.807) is 24.3 Å². The van der Waals surface area contributed by atoms with E-state index >= 15 is 0 Å². The molecule has 0 bridgehead atoms. The smallest absolute Gasteiger partial charge is 0.408 e. The fourth-order valence-corrected chi connectivity index (χ4v) is 8.37. The topological polar surface area (TPSA) is 96.9 Å². The van der Waals surface area contributed by atoms with Crippen LogP contribution in [0, 0.1) is 47.8 Å². The van der Waals surface area contributed by atoms with E-state index in [0.29, 0.717) is 35.5 Å². The van der Waals surface area contributed by atoms with Gasteiger partial charge in [0.25, 0.3) is 10.0 Å². The number of ether oxygens (including phenoxy) is 1. The lowest BCUT2D eigenvalue weighted by atomic mass is 8.94. The van der Waals surface area contributed by atoms with Gasteiger partial charge in [-0.25, -0.2) is 9.63 Å². The predicted molar refractivity (Wildman–Crippen MR) is 105 cm³/mol. The van der Waals surface area contributed by atoms with Crippen molar-refractivity contribution >= 4 is 22.3 Å². The van der Waals surface area contributed by atoms with E-state index in [2.05, 4.69) is 15.2 Å². The van der Waals surface area contributed by atoms with Crippen molar-refractivity contribution in [3.8, 4) is 0 Å². The number of alkyl carbamates (subject to hydrolysis) is 1. The number of aryl methyl sites for hydroxylation is 1. The Labute approximate surface area is 170 Å². The van der Waals surface area contributed by atoms with Gasteiger partial charge in [0.05, 0.1) is 10.4 Å². The van der Waals surface area contributed by atoms with Crippen LogP contribution in [0.2, 0.25) is 0 Å². The fraction of sp³-hybridized carbons (Fsp3) is 0.619.